The summed E-state index contributed by atoms with van der Waals surface area (Å²) in [7, 11) is 0. The number of piperidine rings is 1. The zero-order valence-corrected chi connectivity index (χ0v) is 20.7. The van der Waals surface area contributed by atoms with Gasteiger partial charge in [-0.15, -0.1) is 0 Å². The fraction of sp³-hybridized carbons (Fsp3) is 0.440. The van der Waals surface area contributed by atoms with E-state index < -0.39 is 0 Å². The van der Waals surface area contributed by atoms with Gasteiger partial charge < -0.3 is 15.5 Å². The molecule has 0 bridgehead atoms. The molecule has 4 rings (SSSR count). The van der Waals surface area contributed by atoms with Crippen molar-refractivity contribution in [1.82, 2.24) is 25.1 Å². The second-order valence-electron chi connectivity index (χ2n) is 8.63. The minimum atomic E-state index is 0.247. The van der Waals surface area contributed by atoms with Gasteiger partial charge in [-0.2, -0.15) is 5.10 Å². The summed E-state index contributed by atoms with van der Waals surface area (Å²) in [4.78, 5) is 24.7. The molecule has 1 aliphatic rings. The lowest BCUT2D eigenvalue weighted by Crippen LogP contribution is -2.33. The van der Waals surface area contributed by atoms with E-state index in [1.807, 2.05) is 50.2 Å². The second-order valence-corrected chi connectivity index (χ2v) is 9.67. The zero-order chi connectivity index (χ0) is 23.8. The summed E-state index contributed by atoms with van der Waals surface area (Å²) < 4.78 is 0. The van der Waals surface area contributed by atoms with Gasteiger partial charge in [0.15, 0.2) is 11.0 Å². The molecule has 3 N–H and O–H groups in total. The topological polar surface area (TPSA) is 98.8 Å². The van der Waals surface area contributed by atoms with Crippen molar-refractivity contribution in [3.63, 3.8) is 0 Å². The molecular weight excluding hydrogens is 446 g/mol. The van der Waals surface area contributed by atoms with E-state index in [1.165, 1.54) is 44.1 Å². The molecule has 3 aromatic rings. The van der Waals surface area contributed by atoms with Gasteiger partial charge in [-0.3, -0.25) is 9.89 Å². The molecule has 0 saturated carbocycles. The lowest BCUT2D eigenvalue weighted by atomic mass is 10.1. The van der Waals surface area contributed by atoms with Crippen molar-refractivity contribution in [2.24, 2.45) is 0 Å². The summed E-state index contributed by atoms with van der Waals surface area (Å²) >= 11 is 1.50. The number of nitrogens with zero attached hydrogens (tertiary/aromatic N) is 4. The van der Waals surface area contributed by atoms with Gasteiger partial charge in [0.25, 0.3) is 0 Å². The zero-order valence-electron chi connectivity index (χ0n) is 19.9. The molecule has 8 nitrogen and oxygen atoms in total. The molecule has 180 valence electrons. The number of carbonyl (C=O) groups excluding carboxylic acids is 1. The Morgan fingerprint density at radius 2 is 1.82 bits per heavy atom. The molecule has 34 heavy (non-hydrogen) atoms. The monoisotopic (exact) mass is 479 g/mol. The van der Waals surface area contributed by atoms with Gasteiger partial charge in [0.05, 0.1) is 0 Å². The average molecular weight is 480 g/mol. The fourth-order valence-electron chi connectivity index (χ4n) is 3.90. The molecule has 2 aromatic heterocycles. The number of aryl methyl sites for hydroxylation is 1. The maximum atomic E-state index is 11.7. The number of aromatic amines is 1. The van der Waals surface area contributed by atoms with Crippen LogP contribution in [-0.2, 0) is 11.2 Å². The Hall–Kier alpha value is -2.91. The van der Waals surface area contributed by atoms with Crippen molar-refractivity contribution < 1.29 is 4.79 Å². The van der Waals surface area contributed by atoms with Gasteiger partial charge in [-0.1, -0.05) is 25.5 Å². The van der Waals surface area contributed by atoms with E-state index in [-0.39, 0.29) is 5.78 Å². The lowest BCUT2D eigenvalue weighted by Gasteiger charge is -2.26. The normalized spacial score (nSPS) is 14.2. The maximum Gasteiger partial charge on any atom is 0.196 e. The molecule has 9 heteroatoms. The van der Waals surface area contributed by atoms with E-state index in [0.717, 1.165) is 40.9 Å². The molecule has 0 atom stereocenters. The second kappa shape index (κ2) is 12.0. The van der Waals surface area contributed by atoms with Gasteiger partial charge in [0.2, 0.25) is 0 Å². The molecule has 1 aromatic carbocycles. The van der Waals surface area contributed by atoms with Crippen LogP contribution in [0.4, 0.5) is 17.5 Å². The largest absolute Gasteiger partial charge is 0.369 e. The first-order chi connectivity index (χ1) is 16.6. The number of Topliss-reactive ketones (excluding diaryl/α,β-unsaturated/α-hetero) is 1. The van der Waals surface area contributed by atoms with Gasteiger partial charge >= 0.3 is 0 Å². The Balaban J connectivity index is 1.46. The molecule has 0 amide bonds. The number of nitrogens with one attached hydrogen (secondary N) is 3. The van der Waals surface area contributed by atoms with Crippen molar-refractivity contribution in [1.29, 1.82) is 0 Å². The SMILES string of the molecule is CCC(=O)Cc1ccc(Sc2nc(NCCN3CCCCC3)cc(Nc3cc(C)[nH]n3)n2)cc1. The molecule has 1 saturated heterocycles. The number of benzene rings is 1. The number of anilines is 3. The summed E-state index contributed by atoms with van der Waals surface area (Å²) in [5.74, 6) is 2.44. The Kier molecular flexibility index (Phi) is 8.54. The van der Waals surface area contributed by atoms with Crippen LogP contribution in [0.25, 0.3) is 0 Å². The Bertz CT molecular complexity index is 1080. The predicted octanol–water partition coefficient (Wildman–Crippen LogP) is 4.82. The van der Waals surface area contributed by atoms with E-state index in [1.54, 1.807) is 0 Å². The summed E-state index contributed by atoms with van der Waals surface area (Å²) in [6.07, 6.45) is 4.96. The molecule has 3 heterocycles. The summed E-state index contributed by atoms with van der Waals surface area (Å²) in [5, 5.41) is 14.6. The maximum absolute atomic E-state index is 11.7. The van der Waals surface area contributed by atoms with Gasteiger partial charge in [-0.25, -0.2) is 9.97 Å². The van der Waals surface area contributed by atoms with E-state index in [2.05, 4.69) is 25.7 Å². The van der Waals surface area contributed by atoms with Crippen LogP contribution in [0.5, 0.6) is 0 Å². The van der Waals surface area contributed by atoms with E-state index in [0.29, 0.717) is 23.8 Å². The fourth-order valence-corrected chi connectivity index (χ4v) is 4.67. The smallest absolute Gasteiger partial charge is 0.196 e. The molecule has 0 spiro atoms. The summed E-state index contributed by atoms with van der Waals surface area (Å²) in [6.45, 7) is 8.06. The molecular formula is C25H33N7OS. The van der Waals surface area contributed by atoms with Crippen molar-refractivity contribution in [2.75, 3.05) is 36.8 Å². The van der Waals surface area contributed by atoms with Crippen LogP contribution in [0.15, 0.2) is 46.5 Å². The van der Waals surface area contributed by atoms with Crippen molar-refractivity contribution in [2.45, 2.75) is 56.0 Å². The van der Waals surface area contributed by atoms with Crippen LogP contribution < -0.4 is 10.6 Å². The van der Waals surface area contributed by atoms with Crippen LogP contribution in [0.1, 0.15) is 43.9 Å². The van der Waals surface area contributed by atoms with E-state index >= 15 is 0 Å². The van der Waals surface area contributed by atoms with E-state index in [4.69, 9.17) is 9.97 Å². The van der Waals surface area contributed by atoms with Crippen LogP contribution in [-0.4, -0.2) is 57.0 Å². The average Bonchev–Trinajstić information content (AvgIpc) is 3.25. The number of rotatable bonds is 11. The lowest BCUT2D eigenvalue weighted by molar-refractivity contribution is -0.118. The highest BCUT2D eigenvalue weighted by Gasteiger charge is 2.12. The van der Waals surface area contributed by atoms with Gasteiger partial charge in [-0.05, 0) is 62.3 Å². The quantitative estimate of drug-likeness (QED) is 0.337. The Morgan fingerprint density at radius 3 is 2.53 bits per heavy atom. The number of hydrogen-bond acceptors (Lipinski definition) is 8. The Labute approximate surface area is 205 Å². The third-order valence-electron chi connectivity index (χ3n) is 5.78. The predicted molar refractivity (Wildman–Crippen MR) is 137 cm³/mol. The highest BCUT2D eigenvalue weighted by atomic mass is 32.2. The standard InChI is InChI=1S/C25H33N7OS/c1-3-20(33)16-19-7-9-21(10-8-19)34-25-28-22(26-11-14-32-12-5-4-6-13-32)17-23(29-25)27-24-15-18(2)30-31-24/h7-10,15,17H,3-6,11-14,16H2,1-2H3,(H3,26,27,28,29,30,31). The number of likely N-dealkylation sites (tertiary alicyclic amines) is 1. The van der Waals surface area contributed by atoms with Crippen LogP contribution >= 0.6 is 11.8 Å². The Morgan fingerprint density at radius 1 is 1.06 bits per heavy atom. The highest BCUT2D eigenvalue weighted by Crippen LogP contribution is 2.28. The number of aromatic nitrogens is 4. The third-order valence-corrected chi connectivity index (χ3v) is 6.65. The number of hydrogen-bond donors (Lipinski definition) is 3. The minimum absolute atomic E-state index is 0.247. The number of ketones is 1. The van der Waals surface area contributed by atoms with Crippen molar-refractivity contribution in [3.05, 3.63) is 47.7 Å². The van der Waals surface area contributed by atoms with Gasteiger partial charge in [0, 0.05) is 48.7 Å². The molecule has 1 fully saturated rings. The summed E-state index contributed by atoms with van der Waals surface area (Å²) in [6, 6.07) is 11.9. The van der Waals surface area contributed by atoms with Crippen LogP contribution in [0.2, 0.25) is 0 Å². The van der Waals surface area contributed by atoms with E-state index in [9.17, 15) is 4.79 Å². The van der Waals surface area contributed by atoms with Crippen molar-refractivity contribution in [3.8, 4) is 0 Å². The minimum Gasteiger partial charge on any atom is -0.369 e. The van der Waals surface area contributed by atoms with Crippen LogP contribution in [0, 0.1) is 6.92 Å². The van der Waals surface area contributed by atoms with Crippen molar-refractivity contribution >= 4 is 35.0 Å². The third kappa shape index (κ3) is 7.30. The number of H-pyrrole nitrogens is 1. The first kappa shape index (κ1) is 24.2. The first-order valence-corrected chi connectivity index (χ1v) is 12.8. The molecule has 0 unspecified atom stereocenters. The van der Waals surface area contributed by atoms with Crippen LogP contribution in [0.3, 0.4) is 0 Å². The first-order valence-electron chi connectivity index (χ1n) is 12.0. The highest BCUT2D eigenvalue weighted by molar-refractivity contribution is 7.99. The summed E-state index contributed by atoms with van der Waals surface area (Å²) in [5.41, 5.74) is 2.01. The molecule has 0 radical (unpaired) electrons. The molecule has 1 aliphatic heterocycles. The number of carbonyl (C=O) groups is 1. The molecule has 0 aliphatic carbocycles. The van der Waals surface area contributed by atoms with Gasteiger partial charge in [0.1, 0.15) is 17.4 Å².